The van der Waals surface area contributed by atoms with E-state index in [2.05, 4.69) is 5.32 Å². The second-order valence-electron chi connectivity index (χ2n) is 7.59. The maximum absolute atomic E-state index is 13.3. The Hall–Kier alpha value is -2.14. The van der Waals surface area contributed by atoms with Gasteiger partial charge >= 0.3 is 0 Å². The molecule has 1 aliphatic heterocycles. The zero-order valence-corrected chi connectivity index (χ0v) is 16.7. The number of nitrogens with one attached hydrogen (secondary N) is 1. The molecule has 1 fully saturated rings. The minimum atomic E-state index is -0.134. The summed E-state index contributed by atoms with van der Waals surface area (Å²) in [5.41, 5.74) is 3.63. The number of hydrogen-bond acceptors (Lipinski definition) is 3. The fourth-order valence-corrected chi connectivity index (χ4v) is 5.37. The van der Waals surface area contributed by atoms with Gasteiger partial charge in [0.2, 0.25) is 0 Å². The molecule has 0 saturated carbocycles. The number of amides is 2. The van der Waals surface area contributed by atoms with Gasteiger partial charge in [-0.05, 0) is 69.6 Å². The quantitative estimate of drug-likeness (QED) is 0.828. The Kier molecular flexibility index (Phi) is 5.30. The van der Waals surface area contributed by atoms with Gasteiger partial charge in [-0.1, -0.05) is 17.7 Å². The van der Waals surface area contributed by atoms with E-state index in [1.807, 2.05) is 36.1 Å². The Bertz CT molecular complexity index is 865. The number of piperidine rings is 1. The molecule has 2 aromatic rings. The lowest BCUT2D eigenvalue weighted by molar-refractivity contribution is 0.0724. The number of rotatable bonds is 3. The van der Waals surface area contributed by atoms with Gasteiger partial charge in [0, 0.05) is 23.5 Å². The Labute approximate surface area is 164 Å². The zero-order chi connectivity index (χ0) is 18.8. The van der Waals surface area contributed by atoms with E-state index in [-0.39, 0.29) is 11.8 Å². The molecule has 0 spiro atoms. The van der Waals surface area contributed by atoms with Crippen LogP contribution in [0.2, 0.25) is 0 Å². The van der Waals surface area contributed by atoms with Crippen LogP contribution in [-0.4, -0.2) is 29.8 Å². The van der Waals surface area contributed by atoms with Gasteiger partial charge in [0.05, 0.1) is 5.56 Å². The molecular formula is C22H26N2O2S. The number of carbonyl (C=O) groups is 2. The number of thiophene rings is 1. The van der Waals surface area contributed by atoms with E-state index in [4.69, 9.17) is 0 Å². The lowest BCUT2D eigenvalue weighted by atomic mass is 9.94. The minimum Gasteiger partial charge on any atom is -0.339 e. The van der Waals surface area contributed by atoms with E-state index in [1.54, 1.807) is 11.3 Å². The van der Waals surface area contributed by atoms with Crippen LogP contribution in [-0.2, 0) is 12.8 Å². The highest BCUT2D eigenvalue weighted by Gasteiger charge is 2.29. The van der Waals surface area contributed by atoms with Crippen molar-refractivity contribution in [3.05, 3.63) is 51.4 Å². The summed E-state index contributed by atoms with van der Waals surface area (Å²) < 4.78 is 0. The average Bonchev–Trinajstić information content (AvgIpc) is 3.06. The van der Waals surface area contributed by atoms with E-state index >= 15 is 0 Å². The summed E-state index contributed by atoms with van der Waals surface area (Å²) in [5.74, 6) is -0.0290. The Morgan fingerprint density at radius 1 is 1.04 bits per heavy atom. The summed E-state index contributed by atoms with van der Waals surface area (Å²) in [7, 11) is 0. The summed E-state index contributed by atoms with van der Waals surface area (Å²) in [6, 6.07) is 7.58. The van der Waals surface area contributed by atoms with Gasteiger partial charge in [-0.2, -0.15) is 0 Å². The van der Waals surface area contributed by atoms with Gasteiger partial charge in [-0.25, -0.2) is 0 Å². The molecule has 2 heterocycles. The highest BCUT2D eigenvalue weighted by molar-refractivity contribution is 7.17. The second kappa shape index (κ2) is 7.85. The van der Waals surface area contributed by atoms with Crippen LogP contribution in [0.15, 0.2) is 24.3 Å². The number of hydrogen-bond donors (Lipinski definition) is 1. The number of anilines is 1. The van der Waals surface area contributed by atoms with Crippen molar-refractivity contribution in [2.75, 3.05) is 18.4 Å². The lowest BCUT2D eigenvalue weighted by Gasteiger charge is -2.27. The predicted molar refractivity (Wildman–Crippen MR) is 110 cm³/mol. The first-order chi connectivity index (χ1) is 13.1. The van der Waals surface area contributed by atoms with E-state index in [0.717, 1.165) is 67.7 Å². The van der Waals surface area contributed by atoms with E-state index in [9.17, 15) is 9.59 Å². The topological polar surface area (TPSA) is 49.4 Å². The molecular weight excluding hydrogens is 356 g/mol. The predicted octanol–water partition coefficient (Wildman–Crippen LogP) is 4.81. The van der Waals surface area contributed by atoms with Crippen LogP contribution < -0.4 is 5.32 Å². The van der Waals surface area contributed by atoms with Gasteiger partial charge < -0.3 is 10.2 Å². The van der Waals surface area contributed by atoms with E-state index in [0.29, 0.717) is 5.56 Å². The van der Waals surface area contributed by atoms with Crippen LogP contribution in [0.3, 0.4) is 0 Å². The highest BCUT2D eigenvalue weighted by Crippen LogP contribution is 2.39. The smallest absolute Gasteiger partial charge is 0.257 e. The maximum Gasteiger partial charge on any atom is 0.257 e. The average molecular weight is 383 g/mol. The van der Waals surface area contributed by atoms with Crippen LogP contribution in [0.5, 0.6) is 0 Å². The van der Waals surface area contributed by atoms with Crippen molar-refractivity contribution in [2.24, 2.45) is 0 Å². The number of benzene rings is 1. The summed E-state index contributed by atoms with van der Waals surface area (Å²) in [5, 5.41) is 3.80. The highest BCUT2D eigenvalue weighted by atomic mass is 32.1. The standard InChI is InChI=1S/C22H26N2O2S/c1-15-8-7-9-16(14-15)20(25)23-21-19(17-10-3-4-11-18(17)27-21)22(26)24-12-5-2-6-13-24/h7-9,14H,2-6,10-13H2,1H3,(H,23,25). The van der Waals surface area contributed by atoms with Gasteiger partial charge in [0.1, 0.15) is 5.00 Å². The molecule has 0 atom stereocenters. The molecule has 1 saturated heterocycles. The molecule has 0 radical (unpaired) electrons. The molecule has 0 unspecified atom stereocenters. The Balaban J connectivity index is 1.66. The van der Waals surface area contributed by atoms with Crippen molar-refractivity contribution >= 4 is 28.2 Å². The molecule has 5 heteroatoms. The van der Waals surface area contributed by atoms with Crippen LogP contribution in [0.25, 0.3) is 0 Å². The molecule has 142 valence electrons. The summed E-state index contributed by atoms with van der Waals surface area (Å²) in [6.07, 6.45) is 7.58. The molecule has 1 N–H and O–H groups in total. The van der Waals surface area contributed by atoms with Gasteiger partial charge in [0.25, 0.3) is 11.8 Å². The minimum absolute atomic E-state index is 0.105. The number of likely N-dealkylation sites (tertiary alicyclic amines) is 1. The number of fused-ring (bicyclic) bond motifs is 1. The SMILES string of the molecule is Cc1cccc(C(=O)Nc2sc3c(c2C(=O)N2CCCCC2)CCCC3)c1. The van der Waals surface area contributed by atoms with E-state index in [1.165, 1.54) is 16.9 Å². The molecule has 2 aliphatic rings. The summed E-state index contributed by atoms with van der Waals surface area (Å²) in [4.78, 5) is 29.4. The van der Waals surface area contributed by atoms with Crippen molar-refractivity contribution in [1.82, 2.24) is 4.90 Å². The van der Waals surface area contributed by atoms with Crippen LogP contribution in [0.4, 0.5) is 5.00 Å². The van der Waals surface area contributed by atoms with Crippen molar-refractivity contribution in [3.8, 4) is 0 Å². The molecule has 1 aliphatic carbocycles. The fraction of sp³-hybridized carbons (Fsp3) is 0.455. The molecule has 4 nitrogen and oxygen atoms in total. The fourth-order valence-electron chi connectivity index (χ4n) is 4.10. The molecule has 4 rings (SSSR count). The molecule has 1 aromatic heterocycles. The van der Waals surface area contributed by atoms with Gasteiger partial charge in [-0.15, -0.1) is 11.3 Å². The second-order valence-corrected chi connectivity index (χ2v) is 8.70. The third-order valence-corrected chi connectivity index (χ3v) is 6.74. The number of nitrogens with zero attached hydrogens (tertiary/aromatic N) is 1. The summed E-state index contributed by atoms with van der Waals surface area (Å²) >= 11 is 1.60. The maximum atomic E-state index is 13.3. The van der Waals surface area contributed by atoms with Crippen LogP contribution >= 0.6 is 11.3 Å². The molecule has 1 aromatic carbocycles. The van der Waals surface area contributed by atoms with Crippen molar-refractivity contribution < 1.29 is 9.59 Å². The third-order valence-electron chi connectivity index (χ3n) is 5.54. The zero-order valence-electron chi connectivity index (χ0n) is 15.8. The van der Waals surface area contributed by atoms with Crippen molar-refractivity contribution in [3.63, 3.8) is 0 Å². The number of carbonyl (C=O) groups excluding carboxylic acids is 2. The first-order valence-corrected chi connectivity index (χ1v) is 10.8. The third kappa shape index (κ3) is 3.79. The van der Waals surface area contributed by atoms with Crippen molar-refractivity contribution in [2.45, 2.75) is 51.9 Å². The molecule has 2 amide bonds. The van der Waals surface area contributed by atoms with Crippen molar-refractivity contribution in [1.29, 1.82) is 0 Å². The van der Waals surface area contributed by atoms with Crippen LogP contribution in [0, 0.1) is 6.92 Å². The molecule has 0 bridgehead atoms. The number of aryl methyl sites for hydroxylation is 2. The first-order valence-electron chi connectivity index (χ1n) is 9.95. The molecule has 27 heavy (non-hydrogen) atoms. The van der Waals surface area contributed by atoms with Gasteiger partial charge in [0.15, 0.2) is 0 Å². The van der Waals surface area contributed by atoms with E-state index < -0.39 is 0 Å². The Morgan fingerprint density at radius 3 is 2.59 bits per heavy atom. The Morgan fingerprint density at radius 2 is 1.81 bits per heavy atom. The summed E-state index contributed by atoms with van der Waals surface area (Å²) in [6.45, 7) is 3.63. The van der Waals surface area contributed by atoms with Gasteiger partial charge in [-0.3, -0.25) is 9.59 Å². The van der Waals surface area contributed by atoms with Crippen LogP contribution in [0.1, 0.15) is 68.8 Å². The normalized spacial score (nSPS) is 16.7. The first kappa shape index (κ1) is 18.2. The monoisotopic (exact) mass is 382 g/mol. The largest absolute Gasteiger partial charge is 0.339 e. The lowest BCUT2D eigenvalue weighted by Crippen LogP contribution is -2.36.